The van der Waals surface area contributed by atoms with Crippen LogP contribution < -0.4 is 0 Å². The summed E-state index contributed by atoms with van der Waals surface area (Å²) < 4.78 is 21.3. The zero-order chi connectivity index (χ0) is 20.2. The summed E-state index contributed by atoms with van der Waals surface area (Å²) in [7, 11) is 1.23. The minimum Gasteiger partial charge on any atom is -0.465 e. The Morgan fingerprint density at radius 2 is 1.85 bits per heavy atom. The number of thioether (sulfide) groups is 1. The molecule has 7 nitrogen and oxygen atoms in total. The van der Waals surface area contributed by atoms with E-state index in [2.05, 4.69) is 11.4 Å². The zero-order valence-electron chi connectivity index (χ0n) is 16.8. The minimum absolute atomic E-state index is 0.0888. The molecule has 0 amide bonds. The normalized spacial score (nSPS) is 14.9. The first-order valence-corrected chi connectivity index (χ1v) is 11.9. The smallest absolute Gasteiger partial charge is 0.465 e. The van der Waals surface area contributed by atoms with Crippen molar-refractivity contribution in [3.8, 4) is 0 Å². The van der Waals surface area contributed by atoms with Gasteiger partial charge in [0.1, 0.15) is 12.6 Å². The van der Waals surface area contributed by atoms with E-state index in [0.717, 1.165) is 11.5 Å². The first-order chi connectivity index (χ1) is 12.0. The van der Waals surface area contributed by atoms with Gasteiger partial charge in [-0.25, -0.2) is 4.57 Å². The van der Waals surface area contributed by atoms with E-state index >= 15 is 0 Å². The van der Waals surface area contributed by atoms with Crippen LogP contribution in [0.2, 0.25) is 0 Å². The monoisotopic (exact) mass is 414 g/mol. The molecule has 0 aliphatic rings. The lowest BCUT2D eigenvalue weighted by Gasteiger charge is -2.33. The second-order valence-corrected chi connectivity index (χ2v) is 9.94. The first-order valence-electron chi connectivity index (χ1n) is 9.23. The van der Waals surface area contributed by atoms with Crippen molar-refractivity contribution >= 4 is 25.6 Å². The molecule has 0 heterocycles. The summed E-state index contributed by atoms with van der Waals surface area (Å²) in [5.41, 5.74) is 0. The van der Waals surface area contributed by atoms with Crippen LogP contribution in [-0.4, -0.2) is 72.1 Å². The van der Waals surface area contributed by atoms with Crippen molar-refractivity contribution in [2.24, 2.45) is 5.92 Å². The molecule has 0 radical (unpaired) electrons. The maximum absolute atomic E-state index is 12.1. The predicted molar refractivity (Wildman–Crippen MR) is 106 cm³/mol. The minimum atomic E-state index is -4.50. The van der Waals surface area contributed by atoms with Crippen LogP contribution in [0.5, 0.6) is 0 Å². The van der Waals surface area contributed by atoms with Crippen LogP contribution in [0.25, 0.3) is 0 Å². The molecule has 0 saturated carbocycles. The van der Waals surface area contributed by atoms with Crippen molar-refractivity contribution < 1.29 is 32.9 Å². The number of unbranched alkanes of at least 4 members (excludes halogenated alkanes) is 3. The average molecular weight is 415 g/mol. The van der Waals surface area contributed by atoms with E-state index in [1.807, 2.05) is 28.1 Å². The van der Waals surface area contributed by atoms with Crippen LogP contribution >= 0.6 is 19.6 Å². The number of quaternary nitrogens is 1. The average Bonchev–Trinajstić information content (AvgIpc) is 2.51. The van der Waals surface area contributed by atoms with Crippen LogP contribution in [0.15, 0.2) is 0 Å². The number of hydrogen-bond donors (Lipinski definition) is 2. The van der Waals surface area contributed by atoms with Gasteiger partial charge >= 0.3 is 13.8 Å². The van der Waals surface area contributed by atoms with Crippen molar-refractivity contribution in [3.05, 3.63) is 0 Å². The Labute approximate surface area is 162 Å². The van der Waals surface area contributed by atoms with E-state index in [9.17, 15) is 9.36 Å². The van der Waals surface area contributed by atoms with Gasteiger partial charge in [-0.05, 0) is 12.2 Å². The third kappa shape index (κ3) is 14.0. The number of carbonyl (C=O) groups is 1. The number of phosphoric ester groups is 1. The maximum atomic E-state index is 12.1. The summed E-state index contributed by atoms with van der Waals surface area (Å²) in [6, 6.07) is -0.182. The number of ether oxygens (including phenoxy) is 1. The number of esters is 1. The van der Waals surface area contributed by atoms with E-state index in [1.54, 1.807) is 11.8 Å². The number of rotatable bonds is 15. The zero-order valence-corrected chi connectivity index (χ0v) is 18.6. The Morgan fingerprint density at radius 3 is 2.38 bits per heavy atom. The van der Waals surface area contributed by atoms with Gasteiger partial charge in [0, 0.05) is 12.2 Å². The molecule has 0 aromatic carbocycles. The fourth-order valence-electron chi connectivity index (χ4n) is 2.27. The standard InChI is InChI=1S/C17H36NO6PS/c1-6-7-8-9-12-26-14-15(2)17(19)23-11-10-16(18(3,4)5)13-24-25(20,21)22/h15-16H,6-14H2,1-5H3,(H-,20,21,22)/p+1. The van der Waals surface area contributed by atoms with Gasteiger partial charge in [-0.1, -0.05) is 33.1 Å². The van der Waals surface area contributed by atoms with E-state index in [-0.39, 0.29) is 31.1 Å². The predicted octanol–water partition coefficient (Wildman–Crippen LogP) is 3.05. The van der Waals surface area contributed by atoms with Gasteiger partial charge in [0.05, 0.1) is 33.7 Å². The molecule has 0 aromatic heterocycles. The number of carbonyl (C=O) groups excluding carboxylic acids is 1. The highest BCUT2D eigenvalue weighted by atomic mass is 32.2. The Kier molecular flexibility index (Phi) is 13.1. The maximum Gasteiger partial charge on any atom is 0.469 e. The Balaban J connectivity index is 4.11. The number of hydrogen-bond acceptors (Lipinski definition) is 5. The second kappa shape index (κ2) is 13.1. The topological polar surface area (TPSA) is 93.1 Å². The van der Waals surface area contributed by atoms with Crippen molar-refractivity contribution in [2.45, 2.75) is 52.0 Å². The third-order valence-electron chi connectivity index (χ3n) is 4.14. The summed E-state index contributed by atoms with van der Waals surface area (Å²) in [5.74, 6) is 1.45. The van der Waals surface area contributed by atoms with Gasteiger partial charge in [0.25, 0.3) is 0 Å². The molecule has 156 valence electrons. The molecule has 0 aliphatic carbocycles. The fraction of sp³-hybridized carbons (Fsp3) is 0.941. The molecule has 2 N–H and O–H groups in total. The molecule has 0 bridgehead atoms. The molecule has 0 aliphatic heterocycles. The number of likely N-dealkylation sites (N-methyl/N-ethyl adjacent to an activating group) is 1. The molecule has 0 saturated heterocycles. The Bertz CT molecular complexity index is 437. The van der Waals surface area contributed by atoms with Crippen LogP contribution in [0.3, 0.4) is 0 Å². The van der Waals surface area contributed by atoms with Crippen molar-refractivity contribution in [2.75, 3.05) is 45.9 Å². The Hall–Kier alpha value is -0.110. The van der Waals surface area contributed by atoms with Gasteiger partial charge in [-0.15, -0.1) is 0 Å². The largest absolute Gasteiger partial charge is 0.469 e. The molecule has 0 aromatic rings. The van der Waals surface area contributed by atoms with Gasteiger partial charge in [-0.2, -0.15) is 11.8 Å². The fourth-order valence-corrected chi connectivity index (χ4v) is 3.71. The molecule has 0 spiro atoms. The molecule has 9 heteroatoms. The highest BCUT2D eigenvalue weighted by Gasteiger charge is 2.28. The second-order valence-electron chi connectivity index (χ2n) is 7.55. The van der Waals surface area contributed by atoms with Gasteiger partial charge in [0.15, 0.2) is 0 Å². The van der Waals surface area contributed by atoms with E-state index in [1.165, 1.54) is 25.7 Å². The van der Waals surface area contributed by atoms with Crippen LogP contribution in [0, 0.1) is 5.92 Å². The molecule has 2 unspecified atom stereocenters. The lowest BCUT2D eigenvalue weighted by molar-refractivity contribution is -0.896. The van der Waals surface area contributed by atoms with E-state index in [0.29, 0.717) is 10.9 Å². The first kappa shape index (κ1) is 25.9. The van der Waals surface area contributed by atoms with Gasteiger partial charge in [0.2, 0.25) is 0 Å². The molecule has 0 rings (SSSR count). The molecule has 2 atom stereocenters. The summed E-state index contributed by atoms with van der Waals surface area (Å²) in [6.07, 6.45) is 5.39. The summed E-state index contributed by atoms with van der Waals surface area (Å²) in [6.45, 7) is 4.19. The van der Waals surface area contributed by atoms with Crippen molar-refractivity contribution in [3.63, 3.8) is 0 Å². The van der Waals surface area contributed by atoms with Gasteiger partial charge < -0.3 is 19.0 Å². The van der Waals surface area contributed by atoms with Crippen LogP contribution in [-0.2, 0) is 18.6 Å². The summed E-state index contributed by atoms with van der Waals surface area (Å²) >= 11 is 1.78. The number of nitrogens with zero attached hydrogens (tertiary/aromatic N) is 1. The van der Waals surface area contributed by atoms with Crippen LogP contribution in [0.4, 0.5) is 0 Å². The lowest BCUT2D eigenvalue weighted by atomic mass is 10.2. The lowest BCUT2D eigenvalue weighted by Crippen LogP contribution is -2.48. The van der Waals surface area contributed by atoms with Crippen molar-refractivity contribution in [1.82, 2.24) is 0 Å². The SMILES string of the molecule is CCCCCCSCC(C)C(=O)OCCC(COP(=O)(O)O)[N+](C)(C)C. The molecule has 26 heavy (non-hydrogen) atoms. The highest BCUT2D eigenvalue weighted by Crippen LogP contribution is 2.36. The van der Waals surface area contributed by atoms with Crippen LogP contribution in [0.1, 0.15) is 46.0 Å². The van der Waals surface area contributed by atoms with E-state index in [4.69, 9.17) is 14.5 Å². The Morgan fingerprint density at radius 1 is 1.19 bits per heavy atom. The third-order valence-corrected chi connectivity index (χ3v) is 5.94. The molecule has 0 fully saturated rings. The quantitative estimate of drug-likeness (QED) is 0.184. The summed E-state index contributed by atoms with van der Waals surface area (Å²) in [4.78, 5) is 29.8. The van der Waals surface area contributed by atoms with Crippen molar-refractivity contribution in [1.29, 1.82) is 0 Å². The molecular formula is C17H37NO6PS+. The van der Waals surface area contributed by atoms with Gasteiger partial charge in [-0.3, -0.25) is 9.32 Å². The summed E-state index contributed by atoms with van der Waals surface area (Å²) in [5, 5.41) is 0. The number of phosphoric acid groups is 1. The molecular weight excluding hydrogens is 377 g/mol. The highest BCUT2D eigenvalue weighted by molar-refractivity contribution is 7.99. The van der Waals surface area contributed by atoms with E-state index < -0.39 is 7.82 Å².